The Bertz CT molecular complexity index is 659. The number of ether oxygens (including phenoxy) is 1. The molecule has 0 spiro atoms. The summed E-state index contributed by atoms with van der Waals surface area (Å²) in [6.45, 7) is 1.61. The third-order valence-electron chi connectivity index (χ3n) is 2.11. The molecule has 5 nitrogen and oxygen atoms in total. The molecule has 0 aliphatic carbocycles. The fourth-order valence-corrected chi connectivity index (χ4v) is 1.63. The molecule has 0 atom stereocenters. The number of carbonyl (C=O) groups excluding carboxylic acids is 1. The van der Waals surface area contributed by atoms with Crippen LogP contribution in [0.5, 0.6) is 11.5 Å². The van der Waals surface area contributed by atoms with Crippen LogP contribution in [0.25, 0.3) is 11.0 Å². The van der Waals surface area contributed by atoms with Crippen molar-refractivity contribution >= 4 is 28.9 Å². The molecule has 1 heterocycles. The number of aromatic hydroxyl groups is 1. The van der Waals surface area contributed by atoms with E-state index >= 15 is 0 Å². The van der Waals surface area contributed by atoms with Gasteiger partial charge >= 0.3 is 5.30 Å². The first kappa shape index (κ1) is 11.5. The first-order valence-electron chi connectivity index (χ1n) is 4.65. The van der Waals surface area contributed by atoms with Crippen LogP contribution < -0.4 is 10.2 Å². The molecule has 88 valence electrons. The van der Waals surface area contributed by atoms with Crippen molar-refractivity contribution in [1.29, 1.82) is 0 Å². The summed E-state index contributed by atoms with van der Waals surface area (Å²) < 4.78 is 9.96. The normalized spacial score (nSPS) is 10.5. The second-order valence-corrected chi connectivity index (χ2v) is 3.77. The van der Waals surface area contributed by atoms with E-state index in [1.54, 1.807) is 6.92 Å². The lowest BCUT2D eigenvalue weighted by atomic mass is 10.2. The molecule has 1 N–H and O–H groups in total. The maximum absolute atomic E-state index is 11.6. The maximum Gasteiger partial charge on any atom is 0.369 e. The number of hydrogen-bond acceptors (Lipinski definition) is 5. The van der Waals surface area contributed by atoms with Gasteiger partial charge < -0.3 is 14.3 Å². The summed E-state index contributed by atoms with van der Waals surface area (Å²) in [5.41, 5.74) is -0.204. The predicted molar refractivity (Wildman–Crippen MR) is 63.9 cm³/mol. The molecule has 0 fully saturated rings. The maximum atomic E-state index is 11.6. The van der Waals surface area contributed by atoms with E-state index in [1.165, 1.54) is 12.1 Å². The minimum Gasteiger partial charge on any atom is -0.507 e. The van der Waals surface area contributed by atoms with Gasteiger partial charge in [0.1, 0.15) is 28.2 Å². The molecule has 1 aromatic carbocycles. The van der Waals surface area contributed by atoms with Crippen molar-refractivity contribution in [2.45, 2.75) is 6.92 Å². The summed E-state index contributed by atoms with van der Waals surface area (Å²) >= 11 is 3.44. The number of hydrogen-bond donors (Lipinski definition) is 2. The number of aryl methyl sites for hydroxylation is 1. The minimum atomic E-state index is -0.821. The van der Waals surface area contributed by atoms with Crippen LogP contribution in [0.2, 0.25) is 0 Å². The third-order valence-corrected chi connectivity index (χ3v) is 2.20. The summed E-state index contributed by atoms with van der Waals surface area (Å²) in [5, 5.41) is 8.89. The highest BCUT2D eigenvalue weighted by Gasteiger charge is 2.11. The zero-order valence-electron chi connectivity index (χ0n) is 8.76. The number of phenolic OH excluding ortho intramolecular Hbond substituents is 1. The van der Waals surface area contributed by atoms with Crippen molar-refractivity contribution in [2.75, 3.05) is 0 Å². The third kappa shape index (κ3) is 2.26. The van der Waals surface area contributed by atoms with Crippen molar-refractivity contribution in [3.05, 3.63) is 34.2 Å². The van der Waals surface area contributed by atoms with Crippen molar-refractivity contribution in [3.8, 4) is 11.5 Å². The monoisotopic (exact) mass is 252 g/mol. The van der Waals surface area contributed by atoms with Gasteiger partial charge in [0, 0.05) is 18.2 Å². The molecule has 0 radical (unpaired) electrons. The van der Waals surface area contributed by atoms with Gasteiger partial charge in [0.15, 0.2) is 5.43 Å². The lowest BCUT2D eigenvalue weighted by Crippen LogP contribution is -2.02. The van der Waals surface area contributed by atoms with E-state index in [9.17, 15) is 14.7 Å². The molecule has 0 aliphatic heterocycles. The summed E-state index contributed by atoms with van der Waals surface area (Å²) in [5.74, 6) is 0.154. The highest BCUT2D eigenvalue weighted by Crippen LogP contribution is 2.28. The van der Waals surface area contributed by atoms with E-state index in [2.05, 4.69) is 17.4 Å². The molecular weight excluding hydrogens is 244 g/mol. The Hall–Kier alpha value is -1.95. The SMILES string of the molecule is Cc1cc(=O)c2c(O)cc(OC(=O)S)cc2o1. The Balaban J connectivity index is 2.73. The lowest BCUT2D eigenvalue weighted by molar-refractivity contribution is 0.227. The largest absolute Gasteiger partial charge is 0.507 e. The van der Waals surface area contributed by atoms with Crippen LogP contribution in [0.15, 0.2) is 27.4 Å². The van der Waals surface area contributed by atoms with Crippen LogP contribution in [-0.2, 0) is 0 Å². The molecule has 17 heavy (non-hydrogen) atoms. The highest BCUT2D eigenvalue weighted by molar-refractivity contribution is 7.96. The van der Waals surface area contributed by atoms with E-state index in [0.717, 1.165) is 6.07 Å². The van der Waals surface area contributed by atoms with Crippen molar-refractivity contribution in [1.82, 2.24) is 0 Å². The minimum absolute atomic E-state index is 0.0505. The van der Waals surface area contributed by atoms with E-state index < -0.39 is 5.30 Å². The summed E-state index contributed by atoms with van der Waals surface area (Å²) in [6, 6.07) is 3.77. The predicted octanol–water partition coefficient (Wildman–Crippen LogP) is 2.24. The van der Waals surface area contributed by atoms with Gasteiger partial charge in [-0.1, -0.05) is 12.6 Å². The number of phenols is 1. The molecule has 0 unspecified atom stereocenters. The molecule has 1 aromatic heterocycles. The number of fused-ring (bicyclic) bond motifs is 1. The van der Waals surface area contributed by atoms with Gasteiger partial charge in [0.2, 0.25) is 0 Å². The lowest BCUT2D eigenvalue weighted by Gasteiger charge is -2.04. The topological polar surface area (TPSA) is 76.7 Å². The van der Waals surface area contributed by atoms with Crippen LogP contribution in [0, 0.1) is 6.92 Å². The van der Waals surface area contributed by atoms with Gasteiger partial charge in [0.05, 0.1) is 0 Å². The molecule has 2 rings (SSSR count). The fraction of sp³-hybridized carbons (Fsp3) is 0.0909. The molecule has 0 saturated heterocycles. The number of rotatable bonds is 1. The van der Waals surface area contributed by atoms with Crippen LogP contribution in [0.3, 0.4) is 0 Å². The smallest absolute Gasteiger partial charge is 0.369 e. The Morgan fingerprint density at radius 1 is 1.41 bits per heavy atom. The van der Waals surface area contributed by atoms with Crippen molar-refractivity contribution < 1.29 is 19.1 Å². The van der Waals surface area contributed by atoms with Gasteiger partial charge in [-0.15, -0.1) is 0 Å². The van der Waals surface area contributed by atoms with Crippen molar-refractivity contribution in [2.24, 2.45) is 0 Å². The van der Waals surface area contributed by atoms with Gasteiger partial charge in [-0.05, 0) is 6.92 Å². The molecule has 0 amide bonds. The van der Waals surface area contributed by atoms with E-state index in [-0.39, 0.29) is 27.9 Å². The molecule has 0 aliphatic rings. The molecule has 0 saturated carbocycles. The molecule has 6 heteroatoms. The summed E-state index contributed by atoms with van der Waals surface area (Å²) in [7, 11) is 0. The van der Waals surface area contributed by atoms with Crippen LogP contribution >= 0.6 is 12.6 Å². The Labute approximate surface area is 101 Å². The number of carbonyl (C=O) groups is 1. The Morgan fingerprint density at radius 3 is 2.76 bits per heavy atom. The van der Waals surface area contributed by atoms with E-state index in [1.807, 2.05) is 0 Å². The van der Waals surface area contributed by atoms with E-state index in [0.29, 0.717) is 5.76 Å². The molecule has 0 bridgehead atoms. The molecular formula is C11H8O5S. The van der Waals surface area contributed by atoms with Crippen LogP contribution in [0.1, 0.15) is 5.76 Å². The van der Waals surface area contributed by atoms with E-state index in [4.69, 9.17) is 4.42 Å². The van der Waals surface area contributed by atoms with Gasteiger partial charge in [0.25, 0.3) is 0 Å². The Morgan fingerprint density at radius 2 is 2.12 bits per heavy atom. The van der Waals surface area contributed by atoms with Gasteiger partial charge in [-0.25, -0.2) is 4.79 Å². The fourth-order valence-electron chi connectivity index (χ4n) is 1.52. The van der Waals surface area contributed by atoms with Crippen molar-refractivity contribution in [3.63, 3.8) is 0 Å². The zero-order chi connectivity index (χ0) is 12.6. The Kier molecular flexibility index (Phi) is 2.81. The zero-order valence-corrected chi connectivity index (χ0v) is 9.65. The van der Waals surface area contributed by atoms with Gasteiger partial charge in [-0.3, -0.25) is 4.79 Å². The molecule has 2 aromatic rings. The summed E-state index contributed by atoms with van der Waals surface area (Å²) in [6.07, 6.45) is 0. The standard InChI is InChI=1S/C11H8O5S/c1-5-2-7(12)10-8(13)3-6(16-11(14)17)4-9(10)15-5/h2-4,13H,1H3,(H,14,17). The number of thiol groups is 1. The first-order chi connectivity index (χ1) is 7.97. The van der Waals surface area contributed by atoms with Gasteiger partial charge in [-0.2, -0.15) is 0 Å². The average Bonchev–Trinajstić information content (AvgIpc) is 2.13. The second kappa shape index (κ2) is 4.14. The first-order valence-corrected chi connectivity index (χ1v) is 5.10. The second-order valence-electron chi connectivity index (χ2n) is 3.40. The summed E-state index contributed by atoms with van der Waals surface area (Å²) in [4.78, 5) is 22.3. The highest BCUT2D eigenvalue weighted by atomic mass is 32.1. The van der Waals surface area contributed by atoms with Crippen LogP contribution in [-0.4, -0.2) is 10.4 Å². The quantitative estimate of drug-likeness (QED) is 0.601. The van der Waals surface area contributed by atoms with Crippen LogP contribution in [0.4, 0.5) is 4.79 Å². The average molecular weight is 252 g/mol. The number of benzene rings is 1.